The number of benzene rings is 1. The number of carbonyl (C=O) groups excluding carboxylic acids is 1. The predicted molar refractivity (Wildman–Crippen MR) is 106 cm³/mol. The van der Waals surface area contributed by atoms with Crippen LogP contribution in [0.2, 0.25) is 0 Å². The fourth-order valence-electron chi connectivity index (χ4n) is 3.39. The lowest BCUT2D eigenvalue weighted by Gasteiger charge is -2.17. The van der Waals surface area contributed by atoms with Crippen molar-refractivity contribution in [2.45, 2.75) is 26.2 Å². The minimum Gasteiger partial charge on any atom is -0.545 e. The molecule has 0 saturated carbocycles. The largest absolute Gasteiger partial charge is 0.545 e. The summed E-state index contributed by atoms with van der Waals surface area (Å²) in [6.07, 6.45) is 4.62. The van der Waals surface area contributed by atoms with Gasteiger partial charge in [-0.2, -0.15) is 0 Å². The lowest BCUT2D eigenvalue weighted by atomic mass is 9.89. The normalized spacial score (nSPS) is 17.1. The van der Waals surface area contributed by atoms with Gasteiger partial charge in [-0.15, -0.1) is 11.3 Å². The molecule has 5 nitrogen and oxygen atoms in total. The molecule has 0 spiro atoms. The van der Waals surface area contributed by atoms with E-state index in [0.29, 0.717) is 27.5 Å². The molecule has 1 N–H and O–H groups in total. The Morgan fingerprint density at radius 2 is 2.11 bits per heavy atom. The Morgan fingerprint density at radius 1 is 1.37 bits per heavy atom. The molecule has 7 heteroatoms. The fourth-order valence-corrected chi connectivity index (χ4v) is 4.99. The monoisotopic (exact) mass is 399 g/mol. The first-order valence-corrected chi connectivity index (χ1v) is 9.85. The first-order valence-electron chi connectivity index (χ1n) is 8.66. The number of aryl methyl sites for hydroxylation is 1. The van der Waals surface area contributed by atoms with Crippen molar-refractivity contribution < 1.29 is 9.90 Å². The second-order valence-corrected chi connectivity index (χ2v) is 8.34. The Kier molecular flexibility index (Phi) is 4.61. The van der Waals surface area contributed by atoms with Gasteiger partial charge in [0.2, 0.25) is 0 Å². The first-order chi connectivity index (χ1) is 12.9. The molecule has 0 saturated heterocycles. The van der Waals surface area contributed by atoms with E-state index in [-0.39, 0.29) is 16.2 Å². The van der Waals surface area contributed by atoms with Gasteiger partial charge in [0.05, 0.1) is 16.4 Å². The highest BCUT2D eigenvalue weighted by Gasteiger charge is 2.23. The molecule has 1 aromatic carbocycles. The zero-order valence-corrected chi connectivity index (χ0v) is 16.1. The van der Waals surface area contributed by atoms with Crippen LogP contribution in [0.3, 0.4) is 0 Å². The molecule has 0 radical (unpaired) electrons. The number of aromatic amines is 1. The van der Waals surface area contributed by atoms with Gasteiger partial charge in [-0.25, -0.2) is 4.98 Å². The van der Waals surface area contributed by atoms with Crippen LogP contribution in [0.4, 0.5) is 0 Å². The minimum absolute atomic E-state index is 0.0922. The van der Waals surface area contributed by atoms with Crippen LogP contribution in [0.15, 0.2) is 29.1 Å². The van der Waals surface area contributed by atoms with Gasteiger partial charge in [-0.3, -0.25) is 4.79 Å². The van der Waals surface area contributed by atoms with Crippen LogP contribution in [0.1, 0.15) is 45.5 Å². The number of aromatic nitrogens is 2. The summed E-state index contributed by atoms with van der Waals surface area (Å²) >= 11 is 7.94. The Labute approximate surface area is 164 Å². The Hall–Kier alpha value is -2.44. The third-order valence-electron chi connectivity index (χ3n) is 4.83. The van der Waals surface area contributed by atoms with Crippen molar-refractivity contribution in [3.8, 4) is 0 Å². The number of carboxylic acids is 1. The Balaban J connectivity index is 1.73. The van der Waals surface area contributed by atoms with E-state index < -0.39 is 5.97 Å². The van der Waals surface area contributed by atoms with Crippen LogP contribution in [0.5, 0.6) is 0 Å². The average Bonchev–Trinajstić information content (AvgIpc) is 2.99. The first kappa shape index (κ1) is 17.9. The second-order valence-electron chi connectivity index (χ2n) is 6.85. The maximum atomic E-state index is 12.6. The van der Waals surface area contributed by atoms with E-state index in [9.17, 15) is 14.7 Å². The highest BCUT2D eigenvalue weighted by Crippen LogP contribution is 2.36. The molecule has 2 aromatic heterocycles. The molecule has 1 aliphatic rings. The van der Waals surface area contributed by atoms with Gasteiger partial charge in [-0.05, 0) is 47.9 Å². The van der Waals surface area contributed by atoms with Gasteiger partial charge in [-0.1, -0.05) is 42.8 Å². The molecule has 3 aromatic rings. The van der Waals surface area contributed by atoms with Crippen molar-refractivity contribution in [1.29, 1.82) is 0 Å². The summed E-state index contributed by atoms with van der Waals surface area (Å²) in [5.41, 5.74) is 1.76. The van der Waals surface area contributed by atoms with Gasteiger partial charge in [0, 0.05) is 4.88 Å². The summed E-state index contributed by atoms with van der Waals surface area (Å²) in [6, 6.07) is 6.13. The van der Waals surface area contributed by atoms with Crippen molar-refractivity contribution in [1.82, 2.24) is 9.97 Å². The quantitative estimate of drug-likeness (QED) is 0.732. The Morgan fingerprint density at radius 3 is 2.81 bits per heavy atom. The summed E-state index contributed by atoms with van der Waals surface area (Å²) < 4.78 is 0. The molecule has 0 unspecified atom stereocenters. The maximum Gasteiger partial charge on any atom is 0.260 e. The number of fused-ring (bicyclic) bond motifs is 3. The lowest BCUT2D eigenvalue weighted by Crippen LogP contribution is -2.21. The number of hydrogen-bond donors (Lipinski definition) is 1. The van der Waals surface area contributed by atoms with Gasteiger partial charge in [0.25, 0.3) is 5.56 Å². The van der Waals surface area contributed by atoms with Crippen molar-refractivity contribution in [3.05, 3.63) is 62.0 Å². The zero-order chi connectivity index (χ0) is 19.1. The number of hydrogen-bond acceptors (Lipinski definition) is 5. The maximum absolute atomic E-state index is 12.6. The van der Waals surface area contributed by atoms with Gasteiger partial charge in [0.1, 0.15) is 4.83 Å². The van der Waals surface area contributed by atoms with Crippen LogP contribution < -0.4 is 10.7 Å². The van der Waals surface area contributed by atoms with E-state index in [1.165, 1.54) is 17.0 Å². The summed E-state index contributed by atoms with van der Waals surface area (Å²) in [4.78, 5) is 32.8. The summed E-state index contributed by atoms with van der Waals surface area (Å²) in [5, 5.41) is 11.8. The van der Waals surface area contributed by atoms with Crippen LogP contribution >= 0.6 is 22.9 Å². The molecule has 0 bridgehead atoms. The van der Waals surface area contributed by atoms with Crippen molar-refractivity contribution in [2.75, 3.05) is 0 Å². The molecule has 4 rings (SSSR count). The number of H-pyrrole nitrogens is 1. The topological polar surface area (TPSA) is 85.9 Å². The molecule has 0 fully saturated rings. The summed E-state index contributed by atoms with van der Waals surface area (Å²) in [7, 11) is 0. The van der Waals surface area contributed by atoms with Crippen LogP contribution in [0, 0.1) is 5.92 Å². The molecular formula is C20H16ClN2O3S-. The molecule has 138 valence electrons. The number of thiophene rings is 1. The average molecular weight is 400 g/mol. The standard InChI is InChI=1S/C20H17ClN2O3S/c1-10-2-7-13-15(8-10)27-19-16(13)18(24)22-17(23-19)14(21)9-11-3-5-12(6-4-11)20(25)26/h3-6,9-10H,2,7-8H2,1H3,(H,25,26)(H,22,23,24)/p-1/b14-9-/t10-/m0/s1. The van der Waals surface area contributed by atoms with Crippen molar-refractivity contribution in [2.24, 2.45) is 5.92 Å². The minimum atomic E-state index is -1.23. The van der Waals surface area contributed by atoms with E-state index in [4.69, 9.17) is 11.6 Å². The highest BCUT2D eigenvalue weighted by atomic mass is 35.5. The SMILES string of the molecule is C[C@H]1CCc2c(sc3nc(/C(Cl)=C/c4ccc(C(=O)[O-])cc4)[nH]c(=O)c23)C1. The smallest absolute Gasteiger partial charge is 0.260 e. The van der Waals surface area contributed by atoms with Crippen molar-refractivity contribution >= 4 is 50.2 Å². The van der Waals surface area contributed by atoms with E-state index in [1.807, 2.05) is 0 Å². The Bertz CT molecular complexity index is 1130. The van der Waals surface area contributed by atoms with E-state index in [1.54, 1.807) is 29.5 Å². The number of carbonyl (C=O) groups is 1. The molecule has 1 aliphatic carbocycles. The number of rotatable bonds is 3. The van der Waals surface area contributed by atoms with Crippen molar-refractivity contribution in [3.63, 3.8) is 0 Å². The van der Waals surface area contributed by atoms with E-state index >= 15 is 0 Å². The van der Waals surface area contributed by atoms with E-state index in [2.05, 4.69) is 16.9 Å². The fraction of sp³-hybridized carbons (Fsp3) is 0.250. The molecule has 0 amide bonds. The van der Waals surface area contributed by atoms with Gasteiger partial charge in [0.15, 0.2) is 5.82 Å². The van der Waals surface area contributed by atoms with Gasteiger partial charge < -0.3 is 14.9 Å². The van der Waals surface area contributed by atoms with E-state index in [0.717, 1.165) is 24.8 Å². The molecule has 1 atom stereocenters. The number of carboxylic acid groups (broad SMARTS) is 1. The van der Waals surface area contributed by atoms with Crippen LogP contribution in [-0.2, 0) is 12.8 Å². The number of nitrogens with zero attached hydrogens (tertiary/aromatic N) is 1. The predicted octanol–water partition coefficient (Wildman–Crippen LogP) is 3.21. The zero-order valence-electron chi connectivity index (χ0n) is 14.5. The molecule has 27 heavy (non-hydrogen) atoms. The highest BCUT2D eigenvalue weighted by molar-refractivity contribution is 7.18. The molecular weight excluding hydrogens is 384 g/mol. The van der Waals surface area contributed by atoms with Crippen LogP contribution in [-0.4, -0.2) is 15.9 Å². The summed E-state index contributed by atoms with van der Waals surface area (Å²) in [6.45, 7) is 2.22. The number of aromatic carboxylic acids is 1. The lowest BCUT2D eigenvalue weighted by molar-refractivity contribution is -0.255. The van der Waals surface area contributed by atoms with Crippen LogP contribution in [0.25, 0.3) is 21.3 Å². The summed E-state index contributed by atoms with van der Waals surface area (Å²) in [5.74, 6) is -0.301. The second kappa shape index (κ2) is 6.94. The third-order valence-corrected chi connectivity index (χ3v) is 6.27. The number of halogens is 1. The number of nitrogens with one attached hydrogen (secondary N) is 1. The molecule has 0 aliphatic heterocycles. The molecule has 2 heterocycles. The third kappa shape index (κ3) is 3.42. The van der Waals surface area contributed by atoms with Gasteiger partial charge >= 0.3 is 0 Å².